The summed E-state index contributed by atoms with van der Waals surface area (Å²) in [5.41, 5.74) is 8.00. The van der Waals surface area contributed by atoms with Gasteiger partial charge in [-0.05, 0) is 43.7 Å². The van der Waals surface area contributed by atoms with Crippen molar-refractivity contribution in [1.29, 1.82) is 0 Å². The fourth-order valence-electron chi connectivity index (χ4n) is 2.41. The molecule has 1 saturated carbocycles. The Labute approximate surface area is 131 Å². The SMILES string of the molecule is CSC1(CNC(=O)c2ccc(C)c(C#CCN)c2)CCC1. The Morgan fingerprint density at radius 3 is 2.81 bits per heavy atom. The van der Waals surface area contributed by atoms with Gasteiger partial charge in [0.25, 0.3) is 5.91 Å². The smallest absolute Gasteiger partial charge is 0.251 e. The number of hydrogen-bond acceptors (Lipinski definition) is 3. The molecule has 0 aliphatic heterocycles. The van der Waals surface area contributed by atoms with Crippen molar-refractivity contribution in [2.45, 2.75) is 30.9 Å². The molecule has 0 atom stereocenters. The first-order chi connectivity index (χ1) is 10.1. The third-order valence-electron chi connectivity index (χ3n) is 4.09. The quantitative estimate of drug-likeness (QED) is 0.839. The molecule has 1 fully saturated rings. The molecule has 1 aliphatic carbocycles. The minimum absolute atomic E-state index is 0.0221. The van der Waals surface area contributed by atoms with Gasteiger partial charge in [-0.25, -0.2) is 0 Å². The molecule has 2 rings (SSSR count). The third-order valence-corrected chi connectivity index (χ3v) is 5.51. The lowest BCUT2D eigenvalue weighted by atomic mass is 9.84. The van der Waals surface area contributed by atoms with E-state index in [1.54, 1.807) is 0 Å². The lowest BCUT2D eigenvalue weighted by Crippen LogP contribution is -2.45. The number of nitrogens with two attached hydrogens (primary N) is 1. The van der Waals surface area contributed by atoms with Gasteiger partial charge >= 0.3 is 0 Å². The van der Waals surface area contributed by atoms with E-state index in [2.05, 4.69) is 23.4 Å². The molecule has 3 N–H and O–H groups in total. The van der Waals surface area contributed by atoms with Gasteiger partial charge in [-0.1, -0.05) is 24.3 Å². The molecule has 1 aliphatic rings. The summed E-state index contributed by atoms with van der Waals surface area (Å²) < 4.78 is 0.253. The second kappa shape index (κ2) is 7.02. The molecule has 3 nitrogen and oxygen atoms in total. The molecule has 0 heterocycles. The lowest BCUT2D eigenvalue weighted by Gasteiger charge is -2.40. The summed E-state index contributed by atoms with van der Waals surface area (Å²) >= 11 is 1.86. The maximum Gasteiger partial charge on any atom is 0.251 e. The average molecular weight is 302 g/mol. The number of aryl methyl sites for hydroxylation is 1. The van der Waals surface area contributed by atoms with Crippen LogP contribution in [0.25, 0.3) is 0 Å². The standard InChI is InChI=1S/C17H22N2OS/c1-13-6-7-15(11-14(13)5-3-10-18)16(20)19-12-17(21-2)8-4-9-17/h6-7,11H,4,8-10,12,18H2,1-2H3,(H,19,20). The molecule has 0 saturated heterocycles. The Hall–Kier alpha value is -1.44. The van der Waals surface area contributed by atoms with Crippen molar-refractivity contribution in [1.82, 2.24) is 5.32 Å². The van der Waals surface area contributed by atoms with E-state index in [9.17, 15) is 4.79 Å². The van der Waals surface area contributed by atoms with Gasteiger partial charge in [0, 0.05) is 22.4 Å². The number of thioether (sulfide) groups is 1. The number of rotatable bonds is 4. The minimum atomic E-state index is -0.0221. The first-order valence-electron chi connectivity index (χ1n) is 7.23. The fraction of sp³-hybridized carbons (Fsp3) is 0.471. The van der Waals surface area contributed by atoms with Crippen LogP contribution in [-0.4, -0.2) is 30.0 Å². The average Bonchev–Trinajstić information content (AvgIpc) is 2.45. The zero-order valence-corrected chi connectivity index (χ0v) is 13.5. The van der Waals surface area contributed by atoms with Gasteiger partial charge in [0.2, 0.25) is 0 Å². The van der Waals surface area contributed by atoms with Crippen molar-refractivity contribution in [3.8, 4) is 11.8 Å². The topological polar surface area (TPSA) is 55.1 Å². The van der Waals surface area contributed by atoms with Crippen LogP contribution in [0.2, 0.25) is 0 Å². The summed E-state index contributed by atoms with van der Waals surface area (Å²) in [6.45, 7) is 3.05. The zero-order valence-electron chi connectivity index (χ0n) is 12.7. The molecule has 0 unspecified atom stereocenters. The van der Waals surface area contributed by atoms with Gasteiger partial charge in [0.05, 0.1) is 6.54 Å². The van der Waals surface area contributed by atoms with Gasteiger partial charge in [-0.3, -0.25) is 4.79 Å². The molecule has 0 radical (unpaired) electrons. The van der Waals surface area contributed by atoms with Crippen LogP contribution in [0, 0.1) is 18.8 Å². The second-order valence-corrected chi connectivity index (χ2v) is 6.73. The molecule has 0 bridgehead atoms. The molecule has 112 valence electrons. The van der Waals surface area contributed by atoms with E-state index in [-0.39, 0.29) is 10.7 Å². The van der Waals surface area contributed by atoms with Crippen LogP contribution in [0.1, 0.15) is 40.7 Å². The highest BCUT2D eigenvalue weighted by molar-refractivity contribution is 8.00. The Kier molecular flexibility index (Phi) is 5.33. The number of amides is 1. The van der Waals surface area contributed by atoms with Crippen molar-refractivity contribution in [2.24, 2.45) is 5.73 Å². The van der Waals surface area contributed by atoms with Crippen molar-refractivity contribution < 1.29 is 4.79 Å². The van der Waals surface area contributed by atoms with Crippen LogP contribution in [-0.2, 0) is 0 Å². The Bertz CT molecular complexity index is 577. The molecule has 21 heavy (non-hydrogen) atoms. The number of hydrogen-bond donors (Lipinski definition) is 2. The van der Waals surface area contributed by atoms with E-state index in [1.165, 1.54) is 19.3 Å². The monoisotopic (exact) mass is 302 g/mol. The molecule has 0 spiro atoms. The van der Waals surface area contributed by atoms with Crippen molar-refractivity contribution in [3.05, 3.63) is 34.9 Å². The predicted octanol–water partition coefficient (Wildman–Crippen LogP) is 2.32. The van der Waals surface area contributed by atoms with Crippen LogP contribution < -0.4 is 11.1 Å². The number of nitrogens with one attached hydrogen (secondary N) is 1. The van der Waals surface area contributed by atoms with Crippen LogP contribution in [0.4, 0.5) is 0 Å². The molecule has 1 aromatic carbocycles. The zero-order chi connectivity index (χ0) is 15.3. The molecule has 1 amide bonds. The van der Waals surface area contributed by atoms with Crippen molar-refractivity contribution in [2.75, 3.05) is 19.3 Å². The highest BCUT2D eigenvalue weighted by atomic mass is 32.2. The Balaban J connectivity index is 2.05. The second-order valence-electron chi connectivity index (χ2n) is 5.46. The fourth-order valence-corrected chi connectivity index (χ4v) is 3.33. The summed E-state index contributed by atoms with van der Waals surface area (Å²) in [5.74, 6) is 5.83. The van der Waals surface area contributed by atoms with Gasteiger partial charge in [0.15, 0.2) is 0 Å². The van der Waals surface area contributed by atoms with Gasteiger partial charge in [0.1, 0.15) is 0 Å². The van der Waals surface area contributed by atoms with Crippen LogP contribution >= 0.6 is 11.8 Å². The van der Waals surface area contributed by atoms with Crippen LogP contribution in [0.15, 0.2) is 18.2 Å². The first-order valence-corrected chi connectivity index (χ1v) is 8.46. The van der Waals surface area contributed by atoms with Gasteiger partial charge in [-0.2, -0.15) is 11.8 Å². The van der Waals surface area contributed by atoms with Crippen molar-refractivity contribution >= 4 is 17.7 Å². The number of carbonyl (C=O) groups is 1. The van der Waals surface area contributed by atoms with Gasteiger partial charge < -0.3 is 11.1 Å². The number of carbonyl (C=O) groups excluding carboxylic acids is 1. The molecule has 1 aromatic rings. The molecular formula is C17H22N2OS. The summed E-state index contributed by atoms with van der Waals surface area (Å²) in [4.78, 5) is 12.3. The maximum absolute atomic E-state index is 12.3. The summed E-state index contributed by atoms with van der Waals surface area (Å²) in [5, 5.41) is 3.06. The number of benzene rings is 1. The Morgan fingerprint density at radius 1 is 1.48 bits per heavy atom. The van der Waals surface area contributed by atoms with Crippen LogP contribution in [0.3, 0.4) is 0 Å². The highest BCUT2D eigenvalue weighted by Crippen LogP contribution is 2.42. The van der Waals surface area contributed by atoms with Crippen molar-refractivity contribution in [3.63, 3.8) is 0 Å². The van der Waals surface area contributed by atoms with E-state index in [0.717, 1.165) is 17.7 Å². The molecular weight excluding hydrogens is 280 g/mol. The van der Waals surface area contributed by atoms with E-state index in [1.807, 2.05) is 36.9 Å². The summed E-state index contributed by atoms with van der Waals surface area (Å²) in [6.07, 6.45) is 5.77. The first kappa shape index (κ1) is 15.9. The Morgan fingerprint density at radius 2 is 2.24 bits per heavy atom. The normalized spacial score (nSPS) is 15.6. The van der Waals surface area contributed by atoms with E-state index in [4.69, 9.17) is 5.73 Å². The maximum atomic E-state index is 12.3. The largest absolute Gasteiger partial charge is 0.351 e. The van der Waals surface area contributed by atoms with E-state index in [0.29, 0.717) is 12.1 Å². The molecule has 0 aromatic heterocycles. The van der Waals surface area contributed by atoms with E-state index < -0.39 is 0 Å². The third kappa shape index (κ3) is 3.81. The summed E-state index contributed by atoms with van der Waals surface area (Å²) in [6, 6.07) is 5.63. The molecule has 4 heteroatoms. The van der Waals surface area contributed by atoms with E-state index >= 15 is 0 Å². The summed E-state index contributed by atoms with van der Waals surface area (Å²) in [7, 11) is 0. The minimum Gasteiger partial charge on any atom is -0.351 e. The van der Waals surface area contributed by atoms with Gasteiger partial charge in [-0.15, -0.1) is 0 Å². The predicted molar refractivity (Wildman–Crippen MR) is 89.5 cm³/mol. The highest BCUT2D eigenvalue weighted by Gasteiger charge is 2.36. The van der Waals surface area contributed by atoms with Crippen LogP contribution in [0.5, 0.6) is 0 Å². The lowest BCUT2D eigenvalue weighted by molar-refractivity contribution is 0.0944.